The molecule has 2 saturated carbocycles. The Labute approximate surface area is 222 Å². The number of carbonyl (C=O) groups excluding carboxylic acids is 2. The van der Waals surface area contributed by atoms with Crippen LogP contribution in [0.1, 0.15) is 49.0 Å². The Morgan fingerprint density at radius 2 is 2.03 bits per heavy atom. The zero-order valence-electron chi connectivity index (χ0n) is 21.6. The second kappa shape index (κ2) is 9.19. The summed E-state index contributed by atoms with van der Waals surface area (Å²) in [6.45, 7) is -0.00667. The molecule has 0 bridgehead atoms. The molecule has 210 valence electrons. The van der Waals surface area contributed by atoms with Gasteiger partial charge in [-0.2, -0.15) is 5.10 Å². The van der Waals surface area contributed by atoms with Crippen LogP contribution in [-0.2, 0) is 4.79 Å². The largest absolute Gasteiger partial charge is 0.481 e. The first kappa shape index (κ1) is 26.1. The topological polar surface area (TPSA) is 124 Å². The van der Waals surface area contributed by atoms with Gasteiger partial charge in [0.05, 0.1) is 31.1 Å². The van der Waals surface area contributed by atoms with E-state index in [0.29, 0.717) is 45.1 Å². The lowest BCUT2D eigenvalue weighted by Crippen LogP contribution is -2.54. The molecular weight excluding hydrogens is 517 g/mol. The number of pyridine rings is 1. The van der Waals surface area contributed by atoms with Gasteiger partial charge in [0.15, 0.2) is 5.82 Å². The van der Waals surface area contributed by atoms with Gasteiger partial charge in [0.1, 0.15) is 11.7 Å². The molecule has 39 heavy (non-hydrogen) atoms. The molecule has 2 aromatic heterocycles. The maximum absolute atomic E-state index is 14.7. The van der Waals surface area contributed by atoms with Crippen LogP contribution in [0.5, 0.6) is 5.88 Å². The summed E-state index contributed by atoms with van der Waals surface area (Å²) in [7, 11) is 1.41. The lowest BCUT2D eigenvalue weighted by molar-refractivity contribution is -0.130. The first-order chi connectivity index (χ1) is 18.5. The molecule has 4 heterocycles. The van der Waals surface area contributed by atoms with E-state index in [9.17, 15) is 27.9 Å². The van der Waals surface area contributed by atoms with Gasteiger partial charge in [0.2, 0.25) is 11.8 Å². The molecule has 1 spiro atoms. The highest BCUT2D eigenvalue weighted by atomic mass is 19.3. The molecule has 13 heteroatoms. The van der Waals surface area contributed by atoms with Crippen LogP contribution >= 0.6 is 0 Å². The standard InChI is InChI=1S/C26H31F3N6O4/c1-39-21-8-16(17(27)11-30-21)18-9-19(33-32-18)23(37)35-7-2-15(10-24(35)3-4-24)22(36)31-20-12-34(14-26(20,28)29)13-25(38)5-6-25/h8-9,11,15,20,38H,2-7,10,12-14H2,1H3,(H,31,36)(H,32,33)/t15-,20-/m0/s1. The fraction of sp³-hybridized carbons (Fsp3) is 0.615. The number of hydrogen-bond acceptors (Lipinski definition) is 7. The van der Waals surface area contributed by atoms with Crippen molar-refractivity contribution in [3.63, 3.8) is 0 Å². The highest BCUT2D eigenvalue weighted by Crippen LogP contribution is 2.50. The smallest absolute Gasteiger partial charge is 0.281 e. The van der Waals surface area contributed by atoms with Crippen molar-refractivity contribution < 1.29 is 32.6 Å². The summed E-state index contributed by atoms with van der Waals surface area (Å²) in [6, 6.07) is 1.56. The van der Waals surface area contributed by atoms with Crippen molar-refractivity contribution in [2.75, 3.05) is 33.3 Å². The van der Waals surface area contributed by atoms with Crippen LogP contribution in [0.15, 0.2) is 18.3 Å². The number of aliphatic hydroxyl groups is 1. The van der Waals surface area contributed by atoms with E-state index >= 15 is 0 Å². The van der Waals surface area contributed by atoms with Gasteiger partial charge in [0.25, 0.3) is 11.8 Å². The maximum Gasteiger partial charge on any atom is 0.281 e. The average molecular weight is 549 g/mol. The highest BCUT2D eigenvalue weighted by molar-refractivity contribution is 5.94. The van der Waals surface area contributed by atoms with Crippen molar-refractivity contribution in [3.8, 4) is 17.1 Å². The zero-order chi connectivity index (χ0) is 27.6. The number of halogens is 3. The molecule has 0 radical (unpaired) electrons. The number of aromatic amines is 1. The number of hydrogen-bond donors (Lipinski definition) is 3. The Morgan fingerprint density at radius 3 is 2.72 bits per heavy atom. The molecule has 4 fully saturated rings. The minimum Gasteiger partial charge on any atom is -0.481 e. The van der Waals surface area contributed by atoms with E-state index in [1.54, 1.807) is 4.90 Å². The number of piperidine rings is 1. The van der Waals surface area contributed by atoms with E-state index in [1.807, 2.05) is 0 Å². The maximum atomic E-state index is 14.7. The number of aromatic nitrogens is 3. The quantitative estimate of drug-likeness (QED) is 0.483. The summed E-state index contributed by atoms with van der Waals surface area (Å²) in [5.74, 6) is -4.68. The van der Waals surface area contributed by atoms with E-state index in [-0.39, 0.29) is 41.8 Å². The lowest BCUT2D eigenvalue weighted by atomic mass is 9.87. The van der Waals surface area contributed by atoms with Gasteiger partial charge in [-0.1, -0.05) is 0 Å². The third-order valence-electron chi connectivity index (χ3n) is 8.51. The van der Waals surface area contributed by atoms with Crippen molar-refractivity contribution >= 4 is 11.8 Å². The normalized spacial score (nSPS) is 26.4. The molecule has 2 amide bonds. The zero-order valence-corrected chi connectivity index (χ0v) is 21.6. The monoisotopic (exact) mass is 548 g/mol. The number of rotatable bonds is 7. The highest BCUT2D eigenvalue weighted by Gasteiger charge is 2.56. The van der Waals surface area contributed by atoms with E-state index in [4.69, 9.17) is 4.74 Å². The number of β-amino-alcohol motifs (C(OH)–C–C–N with tert-alkyl or cyclic N) is 1. The van der Waals surface area contributed by atoms with Crippen LogP contribution in [-0.4, -0.2) is 98.3 Å². The summed E-state index contributed by atoms with van der Waals surface area (Å²) in [4.78, 5) is 33.5. The number of likely N-dealkylation sites (tertiary alicyclic amines) is 2. The van der Waals surface area contributed by atoms with Gasteiger partial charge < -0.3 is 20.1 Å². The van der Waals surface area contributed by atoms with Crippen LogP contribution < -0.4 is 10.1 Å². The summed E-state index contributed by atoms with van der Waals surface area (Å²) >= 11 is 0. The minimum absolute atomic E-state index is 0.00434. The van der Waals surface area contributed by atoms with Gasteiger partial charge in [0, 0.05) is 42.7 Å². The van der Waals surface area contributed by atoms with Gasteiger partial charge in [-0.05, 0) is 44.6 Å². The Balaban J connectivity index is 1.09. The summed E-state index contributed by atoms with van der Waals surface area (Å²) in [5.41, 5.74) is -0.815. The van der Waals surface area contributed by atoms with Crippen molar-refractivity contribution in [2.45, 2.75) is 61.6 Å². The summed E-state index contributed by atoms with van der Waals surface area (Å²) in [6.07, 6.45) is 4.41. The Kier molecular flexibility index (Phi) is 6.14. The SMILES string of the molecule is COc1cc(-c2cc(C(=O)N3CC[C@H](C(=O)N[C@H]4CN(CC5(O)CC5)CC4(F)F)CC34CC4)[nH]n2)c(F)cn1. The molecular formula is C26H31F3N6O4. The fourth-order valence-corrected chi connectivity index (χ4v) is 5.94. The molecule has 2 aromatic rings. The van der Waals surface area contributed by atoms with E-state index in [1.165, 1.54) is 24.1 Å². The minimum atomic E-state index is -3.08. The molecule has 4 aliphatic rings. The molecule has 6 rings (SSSR count). The third-order valence-corrected chi connectivity index (χ3v) is 8.51. The third kappa shape index (κ3) is 4.97. The van der Waals surface area contributed by atoms with Crippen molar-refractivity contribution in [3.05, 3.63) is 29.8 Å². The van der Waals surface area contributed by atoms with Crippen LogP contribution in [0, 0.1) is 11.7 Å². The van der Waals surface area contributed by atoms with Gasteiger partial charge in [-0.3, -0.25) is 19.6 Å². The van der Waals surface area contributed by atoms with Crippen LogP contribution in [0.25, 0.3) is 11.3 Å². The number of ether oxygens (including phenoxy) is 1. The van der Waals surface area contributed by atoms with E-state index in [2.05, 4.69) is 20.5 Å². The van der Waals surface area contributed by atoms with Crippen molar-refractivity contribution in [1.82, 2.24) is 30.3 Å². The number of carbonyl (C=O) groups is 2. The molecule has 3 N–H and O–H groups in total. The molecule has 2 atom stereocenters. The van der Waals surface area contributed by atoms with Gasteiger partial charge in [-0.15, -0.1) is 0 Å². The molecule has 0 unspecified atom stereocenters. The summed E-state index contributed by atoms with van der Waals surface area (Å²) in [5, 5.41) is 19.5. The molecule has 0 aromatic carbocycles. The molecule has 2 aliphatic carbocycles. The van der Waals surface area contributed by atoms with Crippen molar-refractivity contribution in [1.29, 1.82) is 0 Å². The number of amides is 2. The van der Waals surface area contributed by atoms with Crippen LogP contribution in [0.4, 0.5) is 13.2 Å². The number of alkyl halides is 2. The average Bonchev–Trinajstić information content (AvgIpc) is 3.73. The molecule has 2 saturated heterocycles. The Morgan fingerprint density at radius 1 is 1.26 bits per heavy atom. The number of H-pyrrole nitrogens is 1. The Bertz CT molecular complexity index is 1290. The lowest BCUT2D eigenvalue weighted by Gasteiger charge is -2.39. The number of nitrogens with zero attached hydrogens (tertiary/aromatic N) is 4. The van der Waals surface area contributed by atoms with E-state index < -0.39 is 47.3 Å². The first-order valence-corrected chi connectivity index (χ1v) is 13.2. The summed E-state index contributed by atoms with van der Waals surface area (Å²) < 4.78 is 48.7. The van der Waals surface area contributed by atoms with Gasteiger partial charge >= 0.3 is 0 Å². The van der Waals surface area contributed by atoms with Crippen LogP contribution in [0.2, 0.25) is 0 Å². The van der Waals surface area contributed by atoms with Gasteiger partial charge in [-0.25, -0.2) is 18.2 Å². The fourth-order valence-electron chi connectivity index (χ4n) is 5.94. The predicted octanol–water partition coefficient (Wildman–Crippen LogP) is 1.96. The number of nitrogens with one attached hydrogen (secondary N) is 2. The van der Waals surface area contributed by atoms with Crippen LogP contribution in [0.3, 0.4) is 0 Å². The molecule has 10 nitrogen and oxygen atoms in total. The predicted molar refractivity (Wildman–Crippen MR) is 132 cm³/mol. The van der Waals surface area contributed by atoms with Crippen molar-refractivity contribution in [2.24, 2.45) is 5.92 Å². The second-order valence-corrected chi connectivity index (χ2v) is 11.5. The molecule has 2 aliphatic heterocycles. The number of methoxy groups -OCH3 is 1. The second-order valence-electron chi connectivity index (χ2n) is 11.5. The van der Waals surface area contributed by atoms with E-state index in [0.717, 1.165) is 6.20 Å². The Hall–Kier alpha value is -3.19. The first-order valence-electron chi connectivity index (χ1n) is 13.2.